The van der Waals surface area contributed by atoms with E-state index in [9.17, 15) is 0 Å². The van der Waals surface area contributed by atoms with Crippen LogP contribution in [0.1, 0.15) is 25.3 Å². The summed E-state index contributed by atoms with van der Waals surface area (Å²) in [6.45, 7) is 5.20. The van der Waals surface area contributed by atoms with Crippen molar-refractivity contribution < 1.29 is 29.1 Å². The Balaban J connectivity index is 0.000000195. The van der Waals surface area contributed by atoms with Crippen LogP contribution in [0, 0.1) is 19.1 Å². The smallest absolute Gasteiger partial charge is 0.465 e. The summed E-state index contributed by atoms with van der Waals surface area (Å²) in [6.07, 6.45) is 5.91. The Bertz CT molecular complexity index is 1840. The summed E-state index contributed by atoms with van der Waals surface area (Å²) in [5.41, 5.74) is 7.90. The molecule has 0 amide bonds. The molecule has 6 heteroatoms. The van der Waals surface area contributed by atoms with E-state index in [1.807, 2.05) is 67.7 Å². The van der Waals surface area contributed by atoms with Crippen molar-refractivity contribution >= 4 is 45.1 Å². The molecule has 0 aliphatic carbocycles. The van der Waals surface area contributed by atoms with Crippen LogP contribution in [0.3, 0.4) is 0 Å². The molecule has 0 unspecified atom stereocenters. The predicted octanol–water partition coefficient (Wildman–Crippen LogP) is 8.10. The van der Waals surface area contributed by atoms with Gasteiger partial charge in [-0.15, -0.1) is 42.0 Å². The van der Waals surface area contributed by atoms with E-state index < -0.39 is 0 Å². The summed E-state index contributed by atoms with van der Waals surface area (Å²) >= 11 is 0. The molecule has 0 spiro atoms. The van der Waals surface area contributed by atoms with Crippen LogP contribution < -0.4 is 4.58 Å². The number of aryl methyl sites for hydroxylation is 1. The molecule has 1 radical (unpaired) electrons. The average molecular weight is 701 g/mol. The SMILES string of the molecule is CCCC[N+]1=C=[N+](c2[c-]cc3c(c2)oc2ncccc23)c2ccccc21.Cc1ccc(-c2[c-]cccc2)nc1.[Ir]. The maximum absolute atomic E-state index is 5.93. The van der Waals surface area contributed by atoms with Gasteiger partial charge in [-0.2, -0.15) is 6.07 Å². The van der Waals surface area contributed by atoms with Gasteiger partial charge in [0.2, 0.25) is 5.71 Å². The van der Waals surface area contributed by atoms with Crippen LogP contribution in [-0.4, -0.2) is 27.1 Å². The average Bonchev–Trinajstić information content (AvgIpc) is 3.55. The van der Waals surface area contributed by atoms with Crippen LogP contribution >= 0.6 is 0 Å². The number of rotatable bonds is 5. The third-order valence-corrected chi connectivity index (χ3v) is 6.67. The van der Waals surface area contributed by atoms with E-state index in [2.05, 4.69) is 74.5 Å². The van der Waals surface area contributed by atoms with Gasteiger partial charge < -0.3 is 9.40 Å². The van der Waals surface area contributed by atoms with Crippen LogP contribution in [0.2, 0.25) is 0 Å². The molecule has 0 fully saturated rings. The molecule has 5 nitrogen and oxygen atoms in total. The molecule has 0 atom stereocenters. The zero-order chi connectivity index (χ0) is 26.6. The van der Waals surface area contributed by atoms with Gasteiger partial charge in [0.05, 0.1) is 0 Å². The van der Waals surface area contributed by atoms with Crippen molar-refractivity contribution in [1.29, 1.82) is 0 Å². The summed E-state index contributed by atoms with van der Waals surface area (Å²) < 4.78 is 10.2. The van der Waals surface area contributed by atoms with Crippen LogP contribution in [0.4, 0.5) is 17.1 Å². The summed E-state index contributed by atoms with van der Waals surface area (Å²) in [7, 11) is 0. The van der Waals surface area contributed by atoms with Gasteiger partial charge >= 0.3 is 6.01 Å². The van der Waals surface area contributed by atoms with E-state index in [4.69, 9.17) is 4.42 Å². The van der Waals surface area contributed by atoms with E-state index in [-0.39, 0.29) is 20.1 Å². The first-order valence-corrected chi connectivity index (χ1v) is 13.2. The van der Waals surface area contributed by atoms with E-state index in [0.29, 0.717) is 5.71 Å². The summed E-state index contributed by atoms with van der Waals surface area (Å²) in [5.74, 6) is 0. The second kappa shape index (κ2) is 12.3. The van der Waals surface area contributed by atoms with Gasteiger partial charge in [-0.25, -0.2) is 4.98 Å². The molecule has 0 saturated heterocycles. The molecule has 7 rings (SSSR count). The molecule has 4 heterocycles. The first-order chi connectivity index (χ1) is 19.2. The summed E-state index contributed by atoms with van der Waals surface area (Å²) in [5, 5.41) is 2.05. The predicted molar refractivity (Wildman–Crippen MR) is 156 cm³/mol. The first kappa shape index (κ1) is 27.4. The Kier molecular flexibility index (Phi) is 8.42. The van der Waals surface area contributed by atoms with Crippen LogP contribution in [0.25, 0.3) is 33.3 Å². The van der Waals surface area contributed by atoms with Crippen LogP contribution in [0.5, 0.6) is 0 Å². The number of benzene rings is 3. The minimum atomic E-state index is 0. The van der Waals surface area contributed by atoms with Gasteiger partial charge in [0, 0.05) is 56.6 Å². The van der Waals surface area contributed by atoms with E-state index in [0.717, 1.165) is 58.4 Å². The molecule has 1 aliphatic heterocycles. The number of pyridine rings is 2. The Labute approximate surface area is 247 Å². The first-order valence-electron chi connectivity index (χ1n) is 13.2. The van der Waals surface area contributed by atoms with Gasteiger partial charge in [-0.3, -0.25) is 0 Å². The molecule has 3 aromatic carbocycles. The zero-order valence-electron chi connectivity index (χ0n) is 22.4. The second-order valence-corrected chi connectivity index (χ2v) is 9.48. The molecule has 3 aromatic heterocycles. The minimum Gasteiger partial charge on any atom is -0.465 e. The van der Waals surface area contributed by atoms with Crippen molar-refractivity contribution in [2.24, 2.45) is 0 Å². The summed E-state index contributed by atoms with van der Waals surface area (Å²) in [4.78, 5) is 8.63. The van der Waals surface area contributed by atoms with Crippen molar-refractivity contribution in [1.82, 2.24) is 14.5 Å². The minimum absolute atomic E-state index is 0. The molecule has 0 saturated carbocycles. The molecule has 1 aliphatic rings. The Morgan fingerprint density at radius 3 is 2.52 bits per heavy atom. The Morgan fingerprint density at radius 2 is 1.75 bits per heavy atom. The fourth-order valence-electron chi connectivity index (χ4n) is 4.63. The topological polar surface area (TPSA) is 44.9 Å². The number of aromatic nitrogens is 2. The zero-order valence-corrected chi connectivity index (χ0v) is 24.8. The number of hydrogen-bond donors (Lipinski definition) is 0. The number of para-hydroxylation sites is 2. The van der Waals surface area contributed by atoms with Gasteiger partial charge in [-0.05, 0) is 29.6 Å². The van der Waals surface area contributed by atoms with E-state index in [1.165, 1.54) is 11.3 Å². The van der Waals surface area contributed by atoms with Gasteiger partial charge in [0.25, 0.3) is 11.4 Å². The maximum Gasteiger partial charge on any atom is 0.494 e. The molecule has 6 aromatic rings. The maximum atomic E-state index is 5.93. The van der Waals surface area contributed by atoms with Crippen molar-refractivity contribution in [3.05, 3.63) is 115 Å². The van der Waals surface area contributed by atoms with E-state index in [1.54, 1.807) is 6.20 Å². The third kappa shape index (κ3) is 5.57. The normalized spacial score (nSPS) is 11.8. The largest absolute Gasteiger partial charge is 0.494 e. The molecule has 199 valence electrons. The van der Waals surface area contributed by atoms with Crippen LogP contribution in [0.15, 0.2) is 102 Å². The summed E-state index contributed by atoms with van der Waals surface area (Å²) in [6, 6.07) is 38.3. The van der Waals surface area contributed by atoms with Gasteiger partial charge in [-0.1, -0.05) is 64.3 Å². The number of furan rings is 1. The Hall–Kier alpha value is -4.21. The monoisotopic (exact) mass is 701 g/mol. The van der Waals surface area contributed by atoms with Crippen molar-refractivity contribution in [2.75, 3.05) is 6.54 Å². The van der Waals surface area contributed by atoms with Gasteiger partial charge in [0.1, 0.15) is 5.69 Å². The van der Waals surface area contributed by atoms with E-state index >= 15 is 0 Å². The molecule has 40 heavy (non-hydrogen) atoms. The van der Waals surface area contributed by atoms with Crippen molar-refractivity contribution in [2.45, 2.75) is 26.7 Å². The fraction of sp³-hybridized carbons (Fsp3) is 0.147. The third-order valence-electron chi connectivity index (χ3n) is 6.67. The van der Waals surface area contributed by atoms with Crippen LogP contribution in [-0.2, 0) is 20.1 Å². The molecule has 0 bridgehead atoms. The fourth-order valence-corrected chi connectivity index (χ4v) is 4.63. The number of fused-ring (bicyclic) bond motifs is 4. The second-order valence-electron chi connectivity index (χ2n) is 9.48. The quantitative estimate of drug-likeness (QED) is 0.135. The number of hydrogen-bond acceptors (Lipinski definition) is 3. The van der Waals surface area contributed by atoms with Gasteiger partial charge in [0.15, 0.2) is 6.54 Å². The number of nitrogens with zero attached hydrogens (tertiary/aromatic N) is 4. The van der Waals surface area contributed by atoms with Crippen molar-refractivity contribution in [3.8, 4) is 11.3 Å². The standard InChI is InChI=1S/C22H18N3O.C12H10N.Ir/c1-2-3-13-24-15-25(20-9-5-4-8-19(20)24)16-10-11-17-18-7-6-12-23-22(18)26-21(17)14-16;1-10-7-8-12(13-9-10)11-5-3-2-4-6-11;/h4-9,11-12,14H,2-3,13H2,1H3;2-5,7-9H,1H3;/q+1;-1;. The number of unbranched alkanes of at least 4 members (excludes halogenated alkanes) is 1. The molecular weight excluding hydrogens is 673 g/mol. The van der Waals surface area contributed by atoms with Crippen molar-refractivity contribution in [3.63, 3.8) is 0 Å². The molecule has 0 N–H and O–H groups in total. The Morgan fingerprint density at radius 1 is 0.900 bits per heavy atom. The molecular formula is C34H28IrN4O.